The predicted molar refractivity (Wildman–Crippen MR) is 62.5 cm³/mol. The summed E-state index contributed by atoms with van der Waals surface area (Å²) in [4.78, 5) is 3.33. The van der Waals surface area contributed by atoms with Crippen LogP contribution in [0.4, 0.5) is 0 Å². The van der Waals surface area contributed by atoms with Gasteiger partial charge in [-0.15, -0.1) is 0 Å². The molecule has 0 aliphatic rings. The van der Waals surface area contributed by atoms with Gasteiger partial charge in [-0.25, -0.2) is 13.1 Å². The minimum atomic E-state index is -3.34. The van der Waals surface area contributed by atoms with Crippen LogP contribution < -0.4 is 4.72 Å². The highest BCUT2D eigenvalue weighted by molar-refractivity contribution is 7.89. The first-order chi connectivity index (χ1) is 7.63. The maximum atomic E-state index is 11.5. The molecule has 84 valence electrons. The minimum absolute atomic E-state index is 0.269. The fourth-order valence-corrected chi connectivity index (χ4v) is 2.17. The van der Waals surface area contributed by atoms with Gasteiger partial charge in [0.1, 0.15) is 0 Å². The van der Waals surface area contributed by atoms with Crippen LogP contribution in [-0.4, -0.2) is 20.4 Å². The highest BCUT2D eigenvalue weighted by Gasteiger charge is 2.10. The van der Waals surface area contributed by atoms with Crippen molar-refractivity contribution in [2.24, 2.45) is 0 Å². The zero-order valence-corrected chi connectivity index (χ0v) is 9.58. The van der Waals surface area contributed by atoms with Crippen LogP contribution in [0.3, 0.4) is 0 Å². The average Bonchev–Trinajstić information content (AvgIpc) is 2.83. The summed E-state index contributed by atoms with van der Waals surface area (Å²) in [5.41, 5.74) is 1.92. The van der Waals surface area contributed by atoms with Crippen molar-refractivity contribution in [2.45, 2.75) is 4.90 Å². The van der Waals surface area contributed by atoms with Crippen LogP contribution in [0.1, 0.15) is 0 Å². The van der Waals surface area contributed by atoms with Gasteiger partial charge in [0.25, 0.3) is 0 Å². The van der Waals surface area contributed by atoms with E-state index in [4.69, 9.17) is 0 Å². The van der Waals surface area contributed by atoms with E-state index < -0.39 is 10.0 Å². The molecule has 0 bridgehead atoms. The van der Waals surface area contributed by atoms with E-state index in [1.807, 2.05) is 18.3 Å². The van der Waals surface area contributed by atoms with E-state index in [2.05, 4.69) is 9.71 Å². The second kappa shape index (κ2) is 4.11. The number of aromatic nitrogens is 1. The van der Waals surface area contributed by atoms with Crippen molar-refractivity contribution in [3.05, 3.63) is 42.6 Å². The molecule has 0 aliphatic heterocycles. The van der Waals surface area contributed by atoms with Crippen LogP contribution in [-0.2, 0) is 10.0 Å². The average molecular weight is 236 g/mol. The molecule has 0 saturated heterocycles. The molecule has 0 fully saturated rings. The van der Waals surface area contributed by atoms with Gasteiger partial charge in [-0.2, -0.15) is 0 Å². The molecule has 4 nitrogen and oxygen atoms in total. The Hall–Kier alpha value is -1.59. The fourth-order valence-electron chi connectivity index (χ4n) is 1.44. The standard InChI is InChI=1S/C11H12N2O2S/c1-12-16(14,15)10-6-4-9(5-7-10)11-3-2-8-13-11/h2-8,12-13H,1H3. The number of sulfonamides is 1. The Bertz CT molecular complexity index is 557. The van der Waals surface area contributed by atoms with Crippen LogP contribution in [0.15, 0.2) is 47.5 Å². The maximum absolute atomic E-state index is 11.5. The first kappa shape index (κ1) is 10.9. The number of H-pyrrole nitrogens is 1. The molecule has 16 heavy (non-hydrogen) atoms. The third kappa shape index (κ3) is 2.00. The Morgan fingerprint density at radius 3 is 2.31 bits per heavy atom. The Balaban J connectivity index is 2.38. The lowest BCUT2D eigenvalue weighted by Gasteiger charge is -2.03. The number of hydrogen-bond acceptors (Lipinski definition) is 2. The van der Waals surface area contributed by atoms with Crippen LogP contribution in [0.25, 0.3) is 11.3 Å². The molecule has 0 atom stereocenters. The summed E-state index contributed by atoms with van der Waals surface area (Å²) in [6, 6.07) is 10.5. The van der Waals surface area contributed by atoms with Gasteiger partial charge >= 0.3 is 0 Å². The van der Waals surface area contributed by atoms with Gasteiger partial charge in [-0.3, -0.25) is 0 Å². The van der Waals surface area contributed by atoms with E-state index in [1.54, 1.807) is 24.3 Å². The molecule has 5 heteroatoms. The molecular weight excluding hydrogens is 224 g/mol. The third-order valence-corrected chi connectivity index (χ3v) is 3.77. The Morgan fingerprint density at radius 1 is 1.12 bits per heavy atom. The second-order valence-corrected chi connectivity index (χ2v) is 5.20. The maximum Gasteiger partial charge on any atom is 0.240 e. The third-order valence-electron chi connectivity index (χ3n) is 2.34. The van der Waals surface area contributed by atoms with Crippen molar-refractivity contribution in [3.63, 3.8) is 0 Å². The van der Waals surface area contributed by atoms with E-state index in [0.29, 0.717) is 0 Å². The summed E-state index contributed by atoms with van der Waals surface area (Å²) in [6.45, 7) is 0. The van der Waals surface area contributed by atoms with Crippen LogP contribution in [0.2, 0.25) is 0 Å². The quantitative estimate of drug-likeness (QED) is 0.850. The summed E-state index contributed by atoms with van der Waals surface area (Å²) < 4.78 is 25.2. The largest absolute Gasteiger partial charge is 0.361 e. The van der Waals surface area contributed by atoms with Crippen LogP contribution >= 0.6 is 0 Å². The predicted octanol–water partition coefficient (Wildman–Crippen LogP) is 1.59. The van der Waals surface area contributed by atoms with Crippen molar-refractivity contribution < 1.29 is 8.42 Å². The summed E-state index contributed by atoms with van der Waals surface area (Å²) >= 11 is 0. The van der Waals surface area contributed by atoms with Gasteiger partial charge < -0.3 is 4.98 Å². The zero-order chi connectivity index (χ0) is 11.6. The van der Waals surface area contributed by atoms with E-state index in [0.717, 1.165) is 11.3 Å². The van der Waals surface area contributed by atoms with E-state index in [1.165, 1.54) is 7.05 Å². The van der Waals surface area contributed by atoms with Gasteiger partial charge in [0, 0.05) is 11.9 Å². The van der Waals surface area contributed by atoms with Gasteiger partial charge in [0.05, 0.1) is 4.90 Å². The lowest BCUT2D eigenvalue weighted by molar-refractivity contribution is 0.588. The molecule has 0 unspecified atom stereocenters. The minimum Gasteiger partial charge on any atom is -0.361 e. The molecule has 2 rings (SSSR count). The number of rotatable bonds is 3. The topological polar surface area (TPSA) is 62.0 Å². The first-order valence-electron chi connectivity index (χ1n) is 4.81. The van der Waals surface area contributed by atoms with Gasteiger partial charge in [-0.05, 0) is 36.9 Å². The number of hydrogen-bond donors (Lipinski definition) is 2. The summed E-state index contributed by atoms with van der Waals surface area (Å²) in [5.74, 6) is 0. The number of benzene rings is 1. The Kier molecular flexibility index (Phi) is 2.80. The molecule has 1 aromatic carbocycles. The highest BCUT2D eigenvalue weighted by atomic mass is 32.2. The fraction of sp³-hybridized carbons (Fsp3) is 0.0909. The molecule has 1 heterocycles. The normalized spacial score (nSPS) is 11.6. The van der Waals surface area contributed by atoms with Crippen molar-refractivity contribution in [1.82, 2.24) is 9.71 Å². The van der Waals surface area contributed by atoms with Crippen LogP contribution in [0.5, 0.6) is 0 Å². The Morgan fingerprint density at radius 2 is 1.81 bits per heavy atom. The highest BCUT2D eigenvalue weighted by Crippen LogP contribution is 2.19. The first-order valence-corrected chi connectivity index (χ1v) is 6.29. The smallest absolute Gasteiger partial charge is 0.240 e. The molecule has 1 aromatic heterocycles. The molecule has 0 spiro atoms. The molecule has 0 radical (unpaired) electrons. The SMILES string of the molecule is CNS(=O)(=O)c1ccc(-c2ccc[nH]2)cc1. The van der Waals surface area contributed by atoms with Crippen molar-refractivity contribution >= 4 is 10.0 Å². The second-order valence-electron chi connectivity index (χ2n) is 3.32. The van der Waals surface area contributed by atoms with Crippen molar-refractivity contribution in [2.75, 3.05) is 7.05 Å². The Labute approximate surface area is 94.4 Å². The van der Waals surface area contributed by atoms with Crippen LogP contribution in [0, 0.1) is 0 Å². The molecule has 0 amide bonds. The van der Waals surface area contributed by atoms with Gasteiger partial charge in [-0.1, -0.05) is 12.1 Å². The molecule has 2 N–H and O–H groups in total. The van der Waals surface area contributed by atoms with E-state index >= 15 is 0 Å². The van der Waals surface area contributed by atoms with E-state index in [-0.39, 0.29) is 4.90 Å². The number of nitrogens with one attached hydrogen (secondary N) is 2. The lowest BCUT2D eigenvalue weighted by atomic mass is 10.2. The molecule has 0 saturated carbocycles. The monoisotopic (exact) mass is 236 g/mol. The number of aromatic amines is 1. The summed E-state index contributed by atoms with van der Waals surface area (Å²) in [6.07, 6.45) is 1.83. The lowest BCUT2D eigenvalue weighted by Crippen LogP contribution is -2.18. The van der Waals surface area contributed by atoms with Crippen molar-refractivity contribution in [1.29, 1.82) is 0 Å². The molecule has 0 aliphatic carbocycles. The van der Waals surface area contributed by atoms with Gasteiger partial charge in [0.15, 0.2) is 0 Å². The van der Waals surface area contributed by atoms with Gasteiger partial charge in [0.2, 0.25) is 10.0 Å². The molecule has 2 aromatic rings. The molecular formula is C11H12N2O2S. The summed E-state index contributed by atoms with van der Waals surface area (Å²) in [5, 5.41) is 0. The summed E-state index contributed by atoms with van der Waals surface area (Å²) in [7, 11) is -1.95. The zero-order valence-electron chi connectivity index (χ0n) is 8.77. The van der Waals surface area contributed by atoms with E-state index in [9.17, 15) is 8.42 Å². The van der Waals surface area contributed by atoms with Crippen molar-refractivity contribution in [3.8, 4) is 11.3 Å².